The van der Waals surface area contributed by atoms with E-state index in [1.54, 1.807) is 0 Å². The number of fused-ring (bicyclic) bond motifs is 2. The zero-order valence-corrected chi connectivity index (χ0v) is 22.2. The third kappa shape index (κ3) is 5.48. The Kier molecular flexibility index (Phi) is 7.44. The van der Waals surface area contributed by atoms with Crippen molar-refractivity contribution in [2.45, 2.75) is 13.3 Å². The van der Waals surface area contributed by atoms with Gasteiger partial charge in [0.15, 0.2) is 5.13 Å². The quantitative estimate of drug-likeness (QED) is 0.226. The number of anilines is 1. The molecule has 0 unspecified atom stereocenters. The van der Waals surface area contributed by atoms with Gasteiger partial charge < -0.3 is 9.64 Å². The third-order valence-electron chi connectivity index (χ3n) is 6.14. The van der Waals surface area contributed by atoms with Crippen LogP contribution in [0.1, 0.15) is 23.7 Å². The van der Waals surface area contributed by atoms with E-state index in [1.807, 2.05) is 105 Å². The maximum atomic E-state index is 14.3. The Hall–Kier alpha value is -3.81. The standard InChI is InChI=1S/C30H30N4O2S/c1-4-36-22-15-16-26-28(19-22)37-30(32-26)34(18-10-17-33(2)3)29(35)24-20-27(21-11-6-5-7-12-21)31-25-14-9-8-13-23(24)25/h5-9,11-16,19-20H,4,10,17-18H2,1-3H3. The van der Waals surface area contributed by atoms with E-state index in [4.69, 9.17) is 14.7 Å². The minimum Gasteiger partial charge on any atom is -0.494 e. The largest absolute Gasteiger partial charge is 0.494 e. The monoisotopic (exact) mass is 510 g/mol. The molecule has 0 radical (unpaired) electrons. The van der Waals surface area contributed by atoms with Crippen molar-refractivity contribution in [3.63, 3.8) is 0 Å². The van der Waals surface area contributed by atoms with Crippen LogP contribution in [0, 0.1) is 0 Å². The number of pyridine rings is 1. The number of hydrogen-bond acceptors (Lipinski definition) is 6. The Bertz CT molecular complexity index is 1530. The summed E-state index contributed by atoms with van der Waals surface area (Å²) < 4.78 is 6.68. The summed E-state index contributed by atoms with van der Waals surface area (Å²) in [5, 5.41) is 1.53. The fourth-order valence-corrected chi connectivity index (χ4v) is 5.37. The van der Waals surface area contributed by atoms with Crippen molar-refractivity contribution in [1.82, 2.24) is 14.9 Å². The Morgan fingerprint density at radius 1 is 0.892 bits per heavy atom. The van der Waals surface area contributed by atoms with Crippen LogP contribution in [0.4, 0.5) is 5.13 Å². The molecule has 0 atom stereocenters. The summed E-state index contributed by atoms with van der Waals surface area (Å²) in [7, 11) is 4.09. The van der Waals surface area contributed by atoms with Gasteiger partial charge in [0.1, 0.15) is 5.75 Å². The second-order valence-corrected chi connectivity index (χ2v) is 10.1. The normalized spacial score (nSPS) is 11.4. The van der Waals surface area contributed by atoms with Crippen LogP contribution >= 0.6 is 11.3 Å². The van der Waals surface area contributed by atoms with Crippen molar-refractivity contribution in [1.29, 1.82) is 0 Å². The molecular formula is C30H30N4O2S. The number of ether oxygens (including phenoxy) is 1. The van der Waals surface area contributed by atoms with Gasteiger partial charge in [-0.3, -0.25) is 9.69 Å². The van der Waals surface area contributed by atoms with Gasteiger partial charge >= 0.3 is 0 Å². The summed E-state index contributed by atoms with van der Waals surface area (Å²) in [5.41, 5.74) is 4.04. The molecule has 5 rings (SSSR count). The number of carbonyl (C=O) groups is 1. The number of nitrogens with zero attached hydrogens (tertiary/aromatic N) is 4. The molecule has 6 nitrogen and oxygen atoms in total. The van der Waals surface area contributed by atoms with Gasteiger partial charge in [-0.15, -0.1) is 0 Å². The van der Waals surface area contributed by atoms with Crippen LogP contribution in [0.3, 0.4) is 0 Å². The SMILES string of the molecule is CCOc1ccc2nc(N(CCCN(C)C)C(=O)c3cc(-c4ccccc4)nc4ccccc34)sc2c1. The predicted molar refractivity (Wildman–Crippen MR) is 153 cm³/mol. The molecule has 3 aromatic carbocycles. The number of thiazole rings is 1. The molecule has 0 aliphatic rings. The molecule has 0 saturated heterocycles. The van der Waals surface area contributed by atoms with E-state index in [1.165, 1.54) is 11.3 Å². The second-order valence-electron chi connectivity index (χ2n) is 9.11. The highest BCUT2D eigenvalue weighted by atomic mass is 32.1. The summed E-state index contributed by atoms with van der Waals surface area (Å²) in [5.74, 6) is 0.738. The number of carbonyl (C=O) groups excluding carboxylic acids is 1. The van der Waals surface area contributed by atoms with E-state index in [-0.39, 0.29) is 5.91 Å². The first-order valence-corrected chi connectivity index (χ1v) is 13.3. The van der Waals surface area contributed by atoms with Gasteiger partial charge in [0.05, 0.1) is 33.6 Å². The molecule has 0 aliphatic carbocycles. The minimum absolute atomic E-state index is 0.0707. The fourth-order valence-electron chi connectivity index (χ4n) is 4.35. The first kappa shape index (κ1) is 24.9. The summed E-state index contributed by atoms with van der Waals surface area (Å²) in [4.78, 5) is 28.0. The van der Waals surface area contributed by atoms with E-state index in [9.17, 15) is 4.79 Å². The molecular weight excluding hydrogens is 480 g/mol. The molecule has 7 heteroatoms. The number of benzene rings is 3. The zero-order chi connectivity index (χ0) is 25.8. The molecule has 0 saturated carbocycles. The fraction of sp³-hybridized carbons (Fsp3) is 0.233. The topological polar surface area (TPSA) is 58.6 Å². The molecule has 5 aromatic rings. The smallest absolute Gasteiger partial charge is 0.260 e. The second kappa shape index (κ2) is 11.1. The molecule has 188 valence electrons. The van der Waals surface area contributed by atoms with Crippen molar-refractivity contribution in [3.8, 4) is 17.0 Å². The van der Waals surface area contributed by atoms with Crippen LogP contribution in [-0.2, 0) is 0 Å². The highest BCUT2D eigenvalue weighted by Gasteiger charge is 2.24. The number of rotatable bonds is 9. The Morgan fingerprint density at radius 2 is 1.68 bits per heavy atom. The number of hydrogen-bond donors (Lipinski definition) is 0. The van der Waals surface area contributed by atoms with Gasteiger partial charge in [-0.1, -0.05) is 59.9 Å². The highest BCUT2D eigenvalue weighted by molar-refractivity contribution is 7.22. The third-order valence-corrected chi connectivity index (χ3v) is 7.18. The van der Waals surface area contributed by atoms with Crippen LogP contribution in [0.2, 0.25) is 0 Å². The minimum atomic E-state index is -0.0707. The van der Waals surface area contributed by atoms with Crippen LogP contribution < -0.4 is 9.64 Å². The molecule has 0 aliphatic heterocycles. The lowest BCUT2D eigenvalue weighted by atomic mass is 10.0. The van der Waals surface area contributed by atoms with Crippen LogP contribution in [0.5, 0.6) is 5.75 Å². The molecule has 0 spiro atoms. The van der Waals surface area contributed by atoms with Gasteiger partial charge in [-0.25, -0.2) is 9.97 Å². The van der Waals surface area contributed by atoms with Gasteiger partial charge in [-0.2, -0.15) is 0 Å². The van der Waals surface area contributed by atoms with Crippen molar-refractivity contribution in [2.24, 2.45) is 0 Å². The summed E-state index contributed by atoms with van der Waals surface area (Å²) in [6.45, 7) is 4.00. The first-order valence-electron chi connectivity index (χ1n) is 12.5. The molecule has 0 fully saturated rings. The summed E-state index contributed by atoms with van der Waals surface area (Å²) in [6.07, 6.45) is 0.827. The molecule has 0 N–H and O–H groups in total. The Morgan fingerprint density at radius 3 is 2.46 bits per heavy atom. The maximum Gasteiger partial charge on any atom is 0.260 e. The molecule has 2 heterocycles. The lowest BCUT2D eigenvalue weighted by Crippen LogP contribution is -2.33. The lowest BCUT2D eigenvalue weighted by Gasteiger charge is -2.22. The van der Waals surface area contributed by atoms with Gasteiger partial charge in [-0.05, 0) is 64.3 Å². The van der Waals surface area contributed by atoms with E-state index in [2.05, 4.69) is 4.90 Å². The van der Waals surface area contributed by atoms with E-state index >= 15 is 0 Å². The maximum absolute atomic E-state index is 14.3. The Balaban J connectivity index is 1.60. The number of para-hydroxylation sites is 1. The molecule has 37 heavy (non-hydrogen) atoms. The van der Waals surface area contributed by atoms with Crippen molar-refractivity contribution >= 4 is 43.5 Å². The van der Waals surface area contributed by atoms with E-state index < -0.39 is 0 Å². The average molecular weight is 511 g/mol. The van der Waals surface area contributed by atoms with Crippen molar-refractivity contribution < 1.29 is 9.53 Å². The van der Waals surface area contributed by atoms with Crippen LogP contribution in [0.25, 0.3) is 32.4 Å². The van der Waals surface area contributed by atoms with Gasteiger partial charge in [0, 0.05) is 17.5 Å². The van der Waals surface area contributed by atoms with Gasteiger partial charge in [0.2, 0.25) is 0 Å². The van der Waals surface area contributed by atoms with E-state index in [0.717, 1.165) is 51.1 Å². The van der Waals surface area contributed by atoms with Crippen molar-refractivity contribution in [3.05, 3.63) is 84.4 Å². The van der Waals surface area contributed by atoms with Crippen molar-refractivity contribution in [2.75, 3.05) is 38.7 Å². The van der Waals surface area contributed by atoms with Gasteiger partial charge in [0.25, 0.3) is 5.91 Å². The average Bonchev–Trinajstić information content (AvgIpc) is 3.34. The zero-order valence-electron chi connectivity index (χ0n) is 21.3. The number of aromatic nitrogens is 2. The van der Waals surface area contributed by atoms with E-state index in [0.29, 0.717) is 23.8 Å². The Labute approximate surface area is 221 Å². The summed E-state index contributed by atoms with van der Waals surface area (Å²) >= 11 is 1.52. The van der Waals surface area contributed by atoms with Crippen LogP contribution in [-0.4, -0.2) is 54.6 Å². The summed E-state index contributed by atoms with van der Waals surface area (Å²) in [6, 6.07) is 25.6. The highest BCUT2D eigenvalue weighted by Crippen LogP contribution is 2.34. The van der Waals surface area contributed by atoms with Crippen LogP contribution in [0.15, 0.2) is 78.9 Å². The molecule has 0 bridgehead atoms. The first-order chi connectivity index (χ1) is 18.0. The molecule has 2 aromatic heterocycles. The lowest BCUT2D eigenvalue weighted by molar-refractivity contribution is 0.0987. The molecule has 1 amide bonds. The number of amides is 1. The predicted octanol–water partition coefficient (Wildman–Crippen LogP) is 6.51.